The maximum atomic E-state index is 12.8. The molecule has 0 saturated heterocycles. The van der Waals surface area contributed by atoms with E-state index in [0.717, 1.165) is 54.9 Å². The summed E-state index contributed by atoms with van der Waals surface area (Å²) in [6, 6.07) is 9.69. The van der Waals surface area contributed by atoms with Gasteiger partial charge in [0, 0.05) is 29.7 Å². The number of hydrogen-bond donors (Lipinski definition) is 2. The van der Waals surface area contributed by atoms with Crippen molar-refractivity contribution in [1.29, 1.82) is 0 Å². The zero-order valence-electron chi connectivity index (χ0n) is 16.7. The van der Waals surface area contributed by atoms with Gasteiger partial charge in [0.2, 0.25) is 0 Å². The standard InChI is InChI=1S/C22H22F3N5O/c23-22(24,25)15-6-5-7-16(14-15)28-21(31)27-12-13-30-19-10-2-1-8-17(19)20(29-30)18-9-3-4-11-26-18/h3-7,9,11,14H,1-2,8,10,12-13H2,(H2,27,28,31). The number of benzene rings is 1. The lowest BCUT2D eigenvalue weighted by atomic mass is 9.95. The van der Waals surface area contributed by atoms with Crippen LogP contribution in [0.4, 0.5) is 23.7 Å². The SMILES string of the molecule is O=C(NCCn1nc(-c2ccccn2)c2c1CCCC2)Nc1cccc(C(F)(F)F)c1. The molecule has 0 radical (unpaired) electrons. The van der Waals surface area contributed by atoms with Gasteiger partial charge in [0.15, 0.2) is 0 Å². The summed E-state index contributed by atoms with van der Waals surface area (Å²) in [6.45, 7) is 0.756. The normalized spacial score (nSPS) is 13.5. The van der Waals surface area contributed by atoms with E-state index >= 15 is 0 Å². The van der Waals surface area contributed by atoms with Gasteiger partial charge in [-0.1, -0.05) is 12.1 Å². The average molecular weight is 429 g/mol. The van der Waals surface area contributed by atoms with Gasteiger partial charge in [-0.15, -0.1) is 0 Å². The predicted octanol–water partition coefficient (Wildman–Crippen LogP) is 4.66. The van der Waals surface area contributed by atoms with Gasteiger partial charge in [0.05, 0.1) is 17.8 Å². The van der Waals surface area contributed by atoms with E-state index in [0.29, 0.717) is 13.1 Å². The van der Waals surface area contributed by atoms with E-state index in [1.807, 2.05) is 22.9 Å². The van der Waals surface area contributed by atoms with Crippen LogP contribution in [0.3, 0.4) is 0 Å². The summed E-state index contributed by atoms with van der Waals surface area (Å²) in [6.07, 6.45) is 1.35. The Bertz CT molecular complexity index is 1060. The van der Waals surface area contributed by atoms with Crippen LogP contribution in [0.2, 0.25) is 0 Å². The van der Waals surface area contributed by atoms with Crippen molar-refractivity contribution in [3.8, 4) is 11.4 Å². The van der Waals surface area contributed by atoms with Crippen LogP contribution >= 0.6 is 0 Å². The molecule has 6 nitrogen and oxygen atoms in total. The molecule has 0 spiro atoms. The molecule has 2 amide bonds. The van der Waals surface area contributed by atoms with E-state index in [1.165, 1.54) is 17.7 Å². The van der Waals surface area contributed by atoms with Crippen LogP contribution in [-0.2, 0) is 25.6 Å². The van der Waals surface area contributed by atoms with Crippen molar-refractivity contribution in [1.82, 2.24) is 20.1 Å². The van der Waals surface area contributed by atoms with Crippen molar-refractivity contribution < 1.29 is 18.0 Å². The number of urea groups is 1. The summed E-state index contributed by atoms with van der Waals surface area (Å²) in [5, 5.41) is 9.87. The molecule has 0 bridgehead atoms. The lowest BCUT2D eigenvalue weighted by Crippen LogP contribution is -2.32. The van der Waals surface area contributed by atoms with E-state index in [9.17, 15) is 18.0 Å². The van der Waals surface area contributed by atoms with E-state index in [1.54, 1.807) is 6.20 Å². The highest BCUT2D eigenvalue weighted by Crippen LogP contribution is 2.31. The van der Waals surface area contributed by atoms with Gasteiger partial charge in [0.25, 0.3) is 0 Å². The second-order valence-corrected chi connectivity index (χ2v) is 7.38. The molecule has 2 N–H and O–H groups in total. The fourth-order valence-electron chi connectivity index (χ4n) is 3.79. The minimum Gasteiger partial charge on any atom is -0.336 e. The zero-order chi connectivity index (χ0) is 21.8. The van der Waals surface area contributed by atoms with Gasteiger partial charge in [-0.3, -0.25) is 9.67 Å². The van der Waals surface area contributed by atoms with Crippen LogP contribution in [0, 0.1) is 0 Å². The number of amides is 2. The summed E-state index contributed by atoms with van der Waals surface area (Å²) in [5.74, 6) is 0. The molecule has 2 aromatic heterocycles. The number of carbonyl (C=O) groups is 1. The molecule has 2 heterocycles. The van der Waals surface area contributed by atoms with Crippen LogP contribution in [0.25, 0.3) is 11.4 Å². The minimum atomic E-state index is -4.46. The summed E-state index contributed by atoms with van der Waals surface area (Å²) < 4.78 is 40.4. The molecule has 0 saturated carbocycles. The first kappa shape index (κ1) is 20.9. The topological polar surface area (TPSA) is 71.8 Å². The molecule has 0 fully saturated rings. The fourth-order valence-corrected chi connectivity index (χ4v) is 3.79. The number of halogens is 3. The number of nitrogens with one attached hydrogen (secondary N) is 2. The summed E-state index contributed by atoms with van der Waals surface area (Å²) in [7, 11) is 0. The van der Waals surface area contributed by atoms with Gasteiger partial charge >= 0.3 is 12.2 Å². The third-order valence-electron chi connectivity index (χ3n) is 5.22. The smallest absolute Gasteiger partial charge is 0.336 e. The van der Waals surface area contributed by atoms with Gasteiger partial charge in [-0.2, -0.15) is 18.3 Å². The fraction of sp³-hybridized carbons (Fsp3) is 0.318. The largest absolute Gasteiger partial charge is 0.416 e. The highest BCUT2D eigenvalue weighted by molar-refractivity contribution is 5.89. The first-order valence-corrected chi connectivity index (χ1v) is 10.1. The molecular weight excluding hydrogens is 407 g/mol. The Hall–Kier alpha value is -3.36. The molecule has 4 rings (SSSR count). The van der Waals surface area contributed by atoms with Crippen LogP contribution in [-0.4, -0.2) is 27.3 Å². The van der Waals surface area contributed by atoms with Crippen molar-refractivity contribution in [3.63, 3.8) is 0 Å². The van der Waals surface area contributed by atoms with Crippen molar-refractivity contribution in [2.24, 2.45) is 0 Å². The molecule has 0 atom stereocenters. The Kier molecular flexibility index (Phi) is 5.92. The third-order valence-corrected chi connectivity index (χ3v) is 5.22. The van der Waals surface area contributed by atoms with E-state index in [2.05, 4.69) is 15.6 Å². The molecule has 1 aliphatic rings. The molecule has 1 aliphatic carbocycles. The van der Waals surface area contributed by atoms with E-state index in [4.69, 9.17) is 5.10 Å². The van der Waals surface area contributed by atoms with Crippen molar-refractivity contribution in [3.05, 3.63) is 65.5 Å². The number of rotatable bonds is 5. The Balaban J connectivity index is 1.40. The maximum Gasteiger partial charge on any atom is 0.416 e. The number of alkyl halides is 3. The monoisotopic (exact) mass is 429 g/mol. The van der Waals surface area contributed by atoms with Crippen LogP contribution < -0.4 is 10.6 Å². The number of hydrogen-bond acceptors (Lipinski definition) is 3. The second kappa shape index (κ2) is 8.79. The zero-order valence-corrected chi connectivity index (χ0v) is 16.7. The quantitative estimate of drug-likeness (QED) is 0.620. The van der Waals surface area contributed by atoms with Crippen LogP contribution in [0.5, 0.6) is 0 Å². The highest BCUT2D eigenvalue weighted by atomic mass is 19.4. The Morgan fingerprint density at radius 3 is 2.71 bits per heavy atom. The highest BCUT2D eigenvalue weighted by Gasteiger charge is 2.30. The molecule has 0 unspecified atom stereocenters. The number of pyridine rings is 1. The van der Waals surface area contributed by atoms with E-state index < -0.39 is 17.8 Å². The lowest BCUT2D eigenvalue weighted by molar-refractivity contribution is -0.137. The first-order chi connectivity index (χ1) is 14.9. The second-order valence-electron chi connectivity index (χ2n) is 7.38. The third kappa shape index (κ3) is 4.87. The van der Waals surface area contributed by atoms with Crippen LogP contribution in [0.1, 0.15) is 29.7 Å². The molecule has 162 valence electrons. The van der Waals surface area contributed by atoms with Crippen molar-refractivity contribution in [2.45, 2.75) is 38.4 Å². The van der Waals surface area contributed by atoms with Gasteiger partial charge < -0.3 is 10.6 Å². The number of nitrogens with zero attached hydrogens (tertiary/aromatic N) is 3. The minimum absolute atomic E-state index is 0.0845. The lowest BCUT2D eigenvalue weighted by Gasteiger charge is -2.15. The van der Waals surface area contributed by atoms with Crippen molar-refractivity contribution in [2.75, 3.05) is 11.9 Å². The Labute approximate surface area is 177 Å². The molecule has 31 heavy (non-hydrogen) atoms. The summed E-state index contributed by atoms with van der Waals surface area (Å²) in [5.41, 5.74) is 3.35. The average Bonchev–Trinajstić information content (AvgIpc) is 3.13. The molecule has 1 aromatic carbocycles. The van der Waals surface area contributed by atoms with Gasteiger partial charge in [0.1, 0.15) is 5.69 Å². The van der Waals surface area contributed by atoms with Crippen molar-refractivity contribution >= 4 is 11.7 Å². The number of carbonyl (C=O) groups excluding carboxylic acids is 1. The molecule has 9 heteroatoms. The number of fused-ring (bicyclic) bond motifs is 1. The van der Waals surface area contributed by atoms with Gasteiger partial charge in [-0.05, 0) is 56.0 Å². The molecule has 0 aliphatic heterocycles. The summed E-state index contributed by atoms with van der Waals surface area (Å²) in [4.78, 5) is 16.6. The predicted molar refractivity (Wildman–Crippen MR) is 111 cm³/mol. The van der Waals surface area contributed by atoms with E-state index in [-0.39, 0.29) is 5.69 Å². The Morgan fingerprint density at radius 1 is 1.10 bits per heavy atom. The summed E-state index contributed by atoms with van der Waals surface area (Å²) >= 11 is 0. The first-order valence-electron chi connectivity index (χ1n) is 10.1. The maximum absolute atomic E-state index is 12.8. The molecular formula is C22H22F3N5O. The van der Waals surface area contributed by atoms with Gasteiger partial charge in [-0.25, -0.2) is 4.79 Å². The number of aromatic nitrogens is 3. The molecule has 3 aromatic rings. The van der Waals surface area contributed by atoms with Crippen LogP contribution in [0.15, 0.2) is 48.7 Å². The Morgan fingerprint density at radius 2 is 1.94 bits per heavy atom. The number of anilines is 1.